The summed E-state index contributed by atoms with van der Waals surface area (Å²) in [6.45, 7) is 0. The number of nitrogen functional groups attached to an aromatic ring is 1. The van der Waals surface area contributed by atoms with Crippen LogP contribution in [-0.2, 0) is 50.6 Å². The molecule has 0 aromatic heterocycles. The lowest BCUT2D eigenvalue weighted by atomic mass is 10.0. The van der Waals surface area contributed by atoms with Crippen LogP contribution < -0.4 is 5.73 Å². The predicted octanol–water partition coefficient (Wildman–Crippen LogP) is 6.37. The van der Waals surface area contributed by atoms with Crippen LogP contribution in [-0.4, -0.2) is 80.0 Å². The van der Waals surface area contributed by atoms with E-state index in [0.29, 0.717) is 36.4 Å². The summed E-state index contributed by atoms with van der Waals surface area (Å²) in [7, 11) is -27.4. The molecule has 0 aliphatic rings. The topological polar surface area (TPSA) is 456 Å². The van der Waals surface area contributed by atoms with Crippen molar-refractivity contribution in [2.75, 3.05) is 5.73 Å². The number of nitro groups is 1. The Morgan fingerprint density at radius 1 is 0.484 bits per heavy atom. The molecule has 6 aromatic carbocycles. The van der Waals surface area contributed by atoms with Gasteiger partial charge in [0, 0.05) is 28.3 Å². The molecule has 64 heavy (non-hydrogen) atoms. The lowest BCUT2D eigenvalue weighted by molar-refractivity contribution is -0.385. The minimum Gasteiger partial charge on any atom is -0.505 e. The number of azo groups is 3. The molecule has 6 rings (SSSR count). The minimum absolute atomic E-state index is 0.145. The molecule has 0 aliphatic heterocycles. The second-order valence-electron chi connectivity index (χ2n) is 12.6. The van der Waals surface area contributed by atoms with Crippen LogP contribution in [0.2, 0.25) is 0 Å². The molecule has 0 radical (unpaired) electrons. The van der Waals surface area contributed by atoms with Gasteiger partial charge in [-0.3, -0.25) is 32.9 Å². The molecular weight excluding hydrogens is 961 g/mol. The summed E-state index contributed by atoms with van der Waals surface area (Å²) < 4.78 is 175. The zero-order valence-corrected chi connectivity index (χ0v) is 34.9. The number of anilines is 1. The highest BCUT2D eigenvalue weighted by Gasteiger charge is 2.31. The first-order valence-electron chi connectivity index (χ1n) is 16.4. The van der Waals surface area contributed by atoms with Crippen LogP contribution in [0.25, 0.3) is 21.5 Å². The summed E-state index contributed by atoms with van der Waals surface area (Å²) in [4.78, 5) is 3.57. The summed E-state index contributed by atoms with van der Waals surface area (Å²) in [5.41, 5.74) is -0.413. The number of hydrogen-bond acceptors (Lipinski definition) is 21. The van der Waals surface area contributed by atoms with Crippen LogP contribution >= 0.6 is 0 Å². The van der Waals surface area contributed by atoms with Crippen molar-refractivity contribution in [3.05, 3.63) is 89.0 Å². The highest BCUT2D eigenvalue weighted by atomic mass is 32.2. The Balaban J connectivity index is 1.61. The van der Waals surface area contributed by atoms with E-state index in [1.807, 2.05) is 0 Å². The van der Waals surface area contributed by atoms with E-state index < -0.39 is 153 Å². The second-order valence-corrected chi connectivity index (χ2v) is 19.5. The molecule has 0 saturated carbocycles. The highest BCUT2D eigenvalue weighted by Crippen LogP contribution is 2.50. The Bertz CT molecular complexity index is 3700. The molecule has 0 amide bonds. The third kappa shape index (κ3) is 9.20. The summed E-state index contributed by atoms with van der Waals surface area (Å²) in [6, 6.07) is 12.0. The minimum atomic E-state index is -5.60. The molecule has 0 atom stereocenters. The van der Waals surface area contributed by atoms with E-state index in [4.69, 9.17) is 5.73 Å². The smallest absolute Gasteiger partial charge is 0.297 e. The molecule has 0 heterocycles. The van der Waals surface area contributed by atoms with Crippen LogP contribution in [0.1, 0.15) is 0 Å². The lowest BCUT2D eigenvalue weighted by Gasteiger charge is -2.15. The van der Waals surface area contributed by atoms with Crippen molar-refractivity contribution in [1.29, 1.82) is 0 Å². The Kier molecular flexibility index (Phi) is 11.8. The quantitative estimate of drug-likeness (QED) is 0.0217. The van der Waals surface area contributed by atoms with E-state index in [1.54, 1.807) is 6.07 Å². The molecule has 9 N–H and O–H groups in total. The fourth-order valence-electron chi connectivity index (χ4n) is 5.84. The number of hydrogen-bond donors (Lipinski definition) is 8. The Labute approximate surface area is 357 Å². The first-order valence-corrected chi connectivity index (χ1v) is 23.6. The summed E-state index contributed by atoms with van der Waals surface area (Å²) >= 11 is 0. The van der Waals surface area contributed by atoms with Crippen molar-refractivity contribution in [3.8, 4) is 11.5 Å². The van der Waals surface area contributed by atoms with Gasteiger partial charge in [-0.15, -0.1) is 25.6 Å². The molecule has 0 aliphatic carbocycles. The molecule has 334 valence electrons. The second kappa shape index (κ2) is 16.3. The highest BCUT2D eigenvalue weighted by molar-refractivity contribution is 7.87. The van der Waals surface area contributed by atoms with Crippen LogP contribution in [0, 0.1) is 10.1 Å². The van der Waals surface area contributed by atoms with Gasteiger partial charge in [-0.05, 0) is 48.5 Å². The van der Waals surface area contributed by atoms with Crippen molar-refractivity contribution in [2.24, 2.45) is 30.7 Å². The molecule has 27 nitrogen and oxygen atoms in total. The summed E-state index contributed by atoms with van der Waals surface area (Å²) in [5.74, 6) is -2.58. The maximum absolute atomic E-state index is 12.8. The largest absolute Gasteiger partial charge is 0.505 e. The number of nitrogens with two attached hydrogens (primary N) is 1. The fraction of sp³-hybridized carbons (Fsp3) is 0. The third-order valence-electron chi connectivity index (χ3n) is 8.55. The van der Waals surface area contributed by atoms with Gasteiger partial charge >= 0.3 is 0 Å². The van der Waals surface area contributed by atoms with Gasteiger partial charge in [0.25, 0.3) is 56.3 Å². The van der Waals surface area contributed by atoms with Gasteiger partial charge in [0.05, 0.1) is 21.7 Å². The van der Waals surface area contributed by atoms with Gasteiger partial charge in [-0.1, -0.05) is 18.2 Å². The number of rotatable bonds is 12. The lowest BCUT2D eigenvalue weighted by Crippen LogP contribution is -2.04. The maximum Gasteiger partial charge on any atom is 0.297 e. The molecular formula is C32H22N8O19S5. The molecule has 0 saturated heterocycles. The van der Waals surface area contributed by atoms with E-state index >= 15 is 0 Å². The van der Waals surface area contributed by atoms with Crippen molar-refractivity contribution in [3.63, 3.8) is 0 Å². The standard InChI is InChI=1S/C32H22N8O19S5/c33-27-21(37-36-20-9-7-16-17(32(20)64(57,58)59)11-24(62(51,52)53)28(30(16)41)38-34-14-4-2-1-3-5-14)13-22(60(45,46)47)18-12-25(63(54,55)56)29(31(42)26(18)27)39-35-19-8-6-15(40(43)44)10-23(19)61(48,49)50/h1-13,41-42H,33H2,(H,45,46,47)(H,48,49,50)(H,51,52,53)(H,54,55,56)(H,57,58,59)/b37-36?,38-34-,39-35-. The third-order valence-corrected chi connectivity index (χ3v) is 13.0. The molecule has 6 aromatic rings. The average Bonchev–Trinajstić information content (AvgIpc) is 3.17. The SMILES string of the molecule is Nc1c(N=Nc2ccc3c(O)c(/N=N\c4ccccc4)c(S(=O)(=O)O)cc3c2S(=O)(=O)O)cc(S(=O)(=O)O)c2cc(S(=O)(=O)O)c(/N=N\c3ccc([N+](=O)[O-])cc3S(=O)(=O)O)c(O)c12. The van der Waals surface area contributed by atoms with Crippen molar-refractivity contribution in [2.45, 2.75) is 24.5 Å². The molecule has 0 bridgehead atoms. The molecule has 0 unspecified atom stereocenters. The van der Waals surface area contributed by atoms with Crippen LogP contribution in [0.5, 0.6) is 11.5 Å². The normalized spacial score (nSPS) is 13.2. The number of non-ortho nitro benzene ring substituents is 1. The Morgan fingerprint density at radius 3 is 1.53 bits per heavy atom. The van der Waals surface area contributed by atoms with Gasteiger partial charge in [0.2, 0.25) is 0 Å². The van der Waals surface area contributed by atoms with Crippen LogP contribution in [0.4, 0.5) is 45.5 Å². The molecule has 0 spiro atoms. The predicted molar refractivity (Wildman–Crippen MR) is 217 cm³/mol. The number of benzene rings is 6. The van der Waals surface area contributed by atoms with E-state index in [2.05, 4.69) is 30.7 Å². The number of nitro benzene ring substituents is 1. The number of fused-ring (bicyclic) bond motifs is 2. The molecule has 32 heteroatoms. The van der Waals surface area contributed by atoms with Gasteiger partial charge in [0.15, 0.2) is 11.5 Å². The average molecular weight is 983 g/mol. The van der Waals surface area contributed by atoms with Crippen molar-refractivity contribution >= 4 is 118 Å². The number of nitrogens with zero attached hydrogens (tertiary/aromatic N) is 7. The monoisotopic (exact) mass is 982 g/mol. The molecule has 0 fully saturated rings. The van der Waals surface area contributed by atoms with E-state index in [0.717, 1.165) is 12.1 Å². The zero-order chi connectivity index (χ0) is 47.5. The van der Waals surface area contributed by atoms with Crippen molar-refractivity contribution < 1.29 is 80.0 Å². The maximum atomic E-state index is 12.8. The first kappa shape index (κ1) is 46.5. The van der Waals surface area contributed by atoms with Gasteiger partial charge in [-0.25, -0.2) is 0 Å². The van der Waals surface area contributed by atoms with Gasteiger partial charge in [0.1, 0.15) is 52.9 Å². The van der Waals surface area contributed by atoms with Crippen molar-refractivity contribution in [1.82, 2.24) is 0 Å². The zero-order valence-electron chi connectivity index (χ0n) is 30.8. The number of phenolic OH excluding ortho intramolecular Hbond substituents is 2. The van der Waals surface area contributed by atoms with E-state index in [1.165, 1.54) is 24.3 Å². The van der Waals surface area contributed by atoms with Crippen LogP contribution in [0.3, 0.4) is 0 Å². The number of phenols is 2. The Morgan fingerprint density at radius 2 is 0.984 bits per heavy atom. The van der Waals surface area contributed by atoms with E-state index in [9.17, 15) is 85.2 Å². The fourth-order valence-corrected chi connectivity index (χ4v) is 9.30. The van der Waals surface area contributed by atoms with E-state index in [-0.39, 0.29) is 5.69 Å². The number of aromatic hydroxyl groups is 2. The van der Waals surface area contributed by atoms with Gasteiger partial charge < -0.3 is 15.9 Å². The van der Waals surface area contributed by atoms with Gasteiger partial charge in [-0.2, -0.15) is 47.2 Å². The summed E-state index contributed by atoms with van der Waals surface area (Å²) in [6.07, 6.45) is 0. The first-order chi connectivity index (χ1) is 29.5. The summed E-state index contributed by atoms with van der Waals surface area (Å²) in [5, 5.41) is 52.0. The Hall–Kier alpha value is -7.01. The van der Waals surface area contributed by atoms with Crippen LogP contribution in [0.15, 0.2) is 134 Å².